The number of aromatic nitrogens is 2. The summed E-state index contributed by atoms with van der Waals surface area (Å²) in [7, 11) is 0. The van der Waals surface area contributed by atoms with Gasteiger partial charge >= 0.3 is 0 Å². The first-order chi connectivity index (χ1) is 7.58. The van der Waals surface area contributed by atoms with Gasteiger partial charge in [-0.25, -0.2) is 4.68 Å². The Labute approximate surface area is 103 Å². The smallest absolute Gasteiger partial charge is 0.0657 e. The maximum absolute atomic E-state index is 5.85. The number of rotatable bonds is 2. The lowest BCUT2D eigenvalue weighted by Gasteiger charge is -2.10. The molecular formula is C12H14BrN3. The normalized spacial score (nSPS) is 12.8. The number of nitrogens with zero attached hydrogens (tertiary/aromatic N) is 2. The van der Waals surface area contributed by atoms with Crippen LogP contribution in [0.4, 0.5) is 0 Å². The Balaban J connectivity index is 2.42. The lowest BCUT2D eigenvalue weighted by molar-refractivity contribution is 0.807. The highest BCUT2D eigenvalue weighted by Gasteiger charge is 2.06. The fraction of sp³-hybridized carbons (Fsp3) is 0.250. The van der Waals surface area contributed by atoms with Crippen molar-refractivity contribution >= 4 is 15.9 Å². The van der Waals surface area contributed by atoms with Crippen molar-refractivity contribution < 1.29 is 0 Å². The van der Waals surface area contributed by atoms with E-state index in [-0.39, 0.29) is 6.04 Å². The van der Waals surface area contributed by atoms with E-state index in [9.17, 15) is 0 Å². The van der Waals surface area contributed by atoms with Crippen molar-refractivity contribution in [3.8, 4) is 5.69 Å². The molecule has 2 aromatic rings. The molecule has 16 heavy (non-hydrogen) atoms. The SMILES string of the molecule is Cc1ccn(-c2ccc([C@@H](C)N)c(Br)c2)n1. The van der Waals surface area contributed by atoms with E-state index in [0.717, 1.165) is 21.4 Å². The fourth-order valence-corrected chi connectivity index (χ4v) is 2.31. The summed E-state index contributed by atoms with van der Waals surface area (Å²) >= 11 is 3.53. The molecule has 1 aromatic carbocycles. The van der Waals surface area contributed by atoms with Crippen LogP contribution in [0, 0.1) is 6.92 Å². The van der Waals surface area contributed by atoms with E-state index in [0.29, 0.717) is 0 Å². The van der Waals surface area contributed by atoms with Gasteiger partial charge in [-0.3, -0.25) is 0 Å². The summed E-state index contributed by atoms with van der Waals surface area (Å²) in [6, 6.07) is 8.10. The van der Waals surface area contributed by atoms with E-state index in [1.54, 1.807) is 0 Å². The van der Waals surface area contributed by atoms with E-state index >= 15 is 0 Å². The van der Waals surface area contributed by atoms with Crippen LogP contribution in [-0.2, 0) is 0 Å². The summed E-state index contributed by atoms with van der Waals surface area (Å²) in [6.45, 7) is 3.94. The van der Waals surface area contributed by atoms with E-state index in [4.69, 9.17) is 5.73 Å². The van der Waals surface area contributed by atoms with E-state index in [2.05, 4.69) is 21.0 Å². The molecule has 0 aliphatic rings. The van der Waals surface area contributed by atoms with Gasteiger partial charge in [0, 0.05) is 16.7 Å². The van der Waals surface area contributed by atoms with Gasteiger partial charge in [-0.15, -0.1) is 0 Å². The second kappa shape index (κ2) is 4.39. The van der Waals surface area contributed by atoms with Crippen molar-refractivity contribution in [1.82, 2.24) is 9.78 Å². The average Bonchev–Trinajstić information content (AvgIpc) is 2.64. The van der Waals surface area contributed by atoms with Crippen molar-refractivity contribution in [3.63, 3.8) is 0 Å². The first-order valence-electron chi connectivity index (χ1n) is 5.15. The largest absolute Gasteiger partial charge is 0.324 e. The molecule has 0 aliphatic carbocycles. The summed E-state index contributed by atoms with van der Waals surface area (Å²) in [5, 5.41) is 4.36. The summed E-state index contributed by atoms with van der Waals surface area (Å²) in [5.74, 6) is 0. The quantitative estimate of drug-likeness (QED) is 0.919. The Hall–Kier alpha value is -1.13. The van der Waals surface area contributed by atoms with Crippen LogP contribution in [0.15, 0.2) is 34.9 Å². The number of benzene rings is 1. The van der Waals surface area contributed by atoms with Crippen LogP contribution < -0.4 is 5.73 Å². The zero-order valence-corrected chi connectivity index (χ0v) is 10.9. The number of nitrogens with two attached hydrogens (primary N) is 1. The Morgan fingerprint density at radius 2 is 2.12 bits per heavy atom. The minimum absolute atomic E-state index is 0.0304. The molecule has 0 saturated carbocycles. The van der Waals surface area contributed by atoms with Crippen LogP contribution in [0.3, 0.4) is 0 Å². The van der Waals surface area contributed by atoms with Crippen molar-refractivity contribution in [2.45, 2.75) is 19.9 Å². The molecule has 0 spiro atoms. The van der Waals surface area contributed by atoms with E-state index in [1.807, 2.05) is 49.0 Å². The molecule has 0 aliphatic heterocycles. The first-order valence-corrected chi connectivity index (χ1v) is 5.95. The van der Waals surface area contributed by atoms with Crippen LogP contribution in [0.25, 0.3) is 5.69 Å². The number of halogens is 1. The maximum atomic E-state index is 5.85. The number of hydrogen-bond donors (Lipinski definition) is 1. The highest BCUT2D eigenvalue weighted by Crippen LogP contribution is 2.24. The third-order valence-electron chi connectivity index (χ3n) is 2.46. The van der Waals surface area contributed by atoms with Crippen LogP contribution in [-0.4, -0.2) is 9.78 Å². The second-order valence-corrected chi connectivity index (χ2v) is 4.75. The van der Waals surface area contributed by atoms with Crippen molar-refractivity contribution in [2.24, 2.45) is 5.73 Å². The Morgan fingerprint density at radius 3 is 2.62 bits per heavy atom. The first kappa shape index (κ1) is 11.4. The third kappa shape index (κ3) is 2.18. The molecule has 0 amide bonds. The highest BCUT2D eigenvalue weighted by molar-refractivity contribution is 9.10. The van der Waals surface area contributed by atoms with Gasteiger partial charge < -0.3 is 5.73 Å². The standard InChI is InChI=1S/C12H14BrN3/c1-8-5-6-16(15-8)10-3-4-11(9(2)14)12(13)7-10/h3-7,9H,14H2,1-2H3/t9-/m1/s1. The van der Waals surface area contributed by atoms with Crippen molar-refractivity contribution in [1.29, 1.82) is 0 Å². The van der Waals surface area contributed by atoms with Gasteiger partial charge in [0.15, 0.2) is 0 Å². The Morgan fingerprint density at radius 1 is 1.38 bits per heavy atom. The third-order valence-corrected chi connectivity index (χ3v) is 3.15. The van der Waals surface area contributed by atoms with E-state index in [1.165, 1.54) is 0 Å². The molecule has 3 nitrogen and oxygen atoms in total. The van der Waals surface area contributed by atoms with Gasteiger partial charge in [0.25, 0.3) is 0 Å². The van der Waals surface area contributed by atoms with Gasteiger partial charge in [-0.1, -0.05) is 22.0 Å². The minimum Gasteiger partial charge on any atom is -0.324 e. The summed E-state index contributed by atoms with van der Waals surface area (Å²) in [5.41, 5.74) is 9.00. The van der Waals surface area contributed by atoms with Crippen molar-refractivity contribution in [3.05, 3.63) is 46.2 Å². The Kier molecular flexibility index (Phi) is 3.12. The molecule has 1 atom stereocenters. The second-order valence-electron chi connectivity index (χ2n) is 3.90. The van der Waals surface area contributed by atoms with E-state index < -0.39 is 0 Å². The molecule has 4 heteroatoms. The monoisotopic (exact) mass is 279 g/mol. The molecule has 84 valence electrons. The zero-order chi connectivity index (χ0) is 11.7. The van der Waals surface area contributed by atoms with Gasteiger partial charge in [-0.05, 0) is 37.6 Å². The lowest BCUT2D eigenvalue weighted by Crippen LogP contribution is -2.06. The number of aryl methyl sites for hydroxylation is 1. The maximum Gasteiger partial charge on any atom is 0.0657 e. The van der Waals surface area contributed by atoms with Crippen LogP contribution in [0.5, 0.6) is 0 Å². The van der Waals surface area contributed by atoms with Gasteiger partial charge in [0.2, 0.25) is 0 Å². The molecule has 0 fully saturated rings. The average molecular weight is 280 g/mol. The molecule has 1 heterocycles. The number of hydrogen-bond acceptors (Lipinski definition) is 2. The molecule has 2 rings (SSSR count). The molecular weight excluding hydrogens is 266 g/mol. The van der Waals surface area contributed by atoms with Crippen LogP contribution in [0.2, 0.25) is 0 Å². The van der Waals surface area contributed by atoms with Gasteiger partial charge in [0.05, 0.1) is 11.4 Å². The Bertz CT molecular complexity index is 503. The zero-order valence-electron chi connectivity index (χ0n) is 9.31. The summed E-state index contributed by atoms with van der Waals surface area (Å²) in [4.78, 5) is 0. The molecule has 2 N–H and O–H groups in total. The van der Waals surface area contributed by atoms with Crippen LogP contribution >= 0.6 is 15.9 Å². The minimum atomic E-state index is 0.0304. The molecule has 0 unspecified atom stereocenters. The molecule has 0 bridgehead atoms. The highest BCUT2D eigenvalue weighted by atomic mass is 79.9. The summed E-state index contributed by atoms with van der Waals surface area (Å²) in [6.07, 6.45) is 1.95. The van der Waals surface area contributed by atoms with Gasteiger partial charge in [-0.2, -0.15) is 5.10 Å². The molecule has 0 radical (unpaired) electrons. The topological polar surface area (TPSA) is 43.8 Å². The van der Waals surface area contributed by atoms with Crippen LogP contribution in [0.1, 0.15) is 24.2 Å². The lowest BCUT2D eigenvalue weighted by atomic mass is 10.1. The van der Waals surface area contributed by atoms with Gasteiger partial charge in [0.1, 0.15) is 0 Å². The fourth-order valence-electron chi connectivity index (χ4n) is 1.59. The molecule has 0 saturated heterocycles. The van der Waals surface area contributed by atoms with Crippen molar-refractivity contribution in [2.75, 3.05) is 0 Å². The predicted molar refractivity (Wildman–Crippen MR) is 68.6 cm³/mol. The predicted octanol–water partition coefficient (Wildman–Crippen LogP) is 2.96. The summed E-state index contributed by atoms with van der Waals surface area (Å²) < 4.78 is 2.87. The molecule has 1 aromatic heterocycles.